The van der Waals surface area contributed by atoms with Crippen molar-refractivity contribution in [3.63, 3.8) is 0 Å². The highest BCUT2D eigenvalue weighted by Crippen LogP contribution is 2.21. The normalized spacial score (nSPS) is 18.1. The van der Waals surface area contributed by atoms with Crippen molar-refractivity contribution in [2.75, 3.05) is 19.7 Å². The third-order valence-corrected chi connectivity index (χ3v) is 3.74. The average Bonchev–Trinajstić information content (AvgIpc) is 2.52. The molecule has 132 valence electrons. The van der Waals surface area contributed by atoms with Crippen molar-refractivity contribution in [2.24, 2.45) is 5.92 Å². The van der Waals surface area contributed by atoms with E-state index in [1.54, 1.807) is 17.0 Å². The first-order valence-corrected chi connectivity index (χ1v) is 8.19. The molecule has 1 amide bonds. The number of amides is 1. The maximum atomic E-state index is 12.2. The third-order valence-electron chi connectivity index (χ3n) is 3.74. The maximum absolute atomic E-state index is 12.2. The molecule has 6 heteroatoms. The number of benzene rings is 1. The lowest BCUT2D eigenvalue weighted by atomic mass is 9.99. The van der Waals surface area contributed by atoms with Crippen LogP contribution in [-0.2, 0) is 4.74 Å². The van der Waals surface area contributed by atoms with Crippen LogP contribution in [0.3, 0.4) is 0 Å². The zero-order chi connectivity index (χ0) is 17.7. The summed E-state index contributed by atoms with van der Waals surface area (Å²) in [5.74, 6) is -0.238. The number of nitrogens with zero attached hydrogens (tertiary/aromatic N) is 1. The molecule has 0 saturated carbocycles. The van der Waals surface area contributed by atoms with Gasteiger partial charge in [0.1, 0.15) is 11.4 Å². The Hall–Kier alpha value is -2.24. The smallest absolute Gasteiger partial charge is 0.410 e. The summed E-state index contributed by atoms with van der Waals surface area (Å²) in [5.41, 5.74) is -0.302. The summed E-state index contributed by atoms with van der Waals surface area (Å²) in [6.07, 6.45) is 1.58. The summed E-state index contributed by atoms with van der Waals surface area (Å²) in [4.78, 5) is 24.8. The van der Waals surface area contributed by atoms with Gasteiger partial charge in [-0.15, -0.1) is 0 Å². The number of hydrogen-bond acceptors (Lipinski definition) is 4. The fraction of sp³-hybridized carbons (Fsp3) is 0.556. The Balaban J connectivity index is 1.88. The van der Waals surface area contributed by atoms with Gasteiger partial charge in [0.2, 0.25) is 0 Å². The number of ether oxygens (including phenoxy) is 2. The van der Waals surface area contributed by atoms with Crippen LogP contribution in [0.1, 0.15) is 44.0 Å². The van der Waals surface area contributed by atoms with E-state index < -0.39 is 11.6 Å². The summed E-state index contributed by atoms with van der Waals surface area (Å²) >= 11 is 0. The van der Waals surface area contributed by atoms with Crippen LogP contribution < -0.4 is 4.74 Å². The van der Waals surface area contributed by atoms with Gasteiger partial charge in [-0.25, -0.2) is 9.59 Å². The van der Waals surface area contributed by atoms with Crippen LogP contribution in [0.2, 0.25) is 0 Å². The second kappa shape index (κ2) is 7.55. The van der Waals surface area contributed by atoms with Crippen molar-refractivity contribution in [3.05, 3.63) is 29.8 Å². The first-order chi connectivity index (χ1) is 11.2. The molecular formula is C18H25NO5. The number of likely N-dealkylation sites (tertiary alicyclic amines) is 1. The predicted molar refractivity (Wildman–Crippen MR) is 89.4 cm³/mol. The number of aromatic carboxylic acids is 1. The molecule has 1 aliphatic heterocycles. The number of carbonyl (C=O) groups is 2. The van der Waals surface area contributed by atoms with Gasteiger partial charge < -0.3 is 19.5 Å². The van der Waals surface area contributed by atoms with E-state index in [0.717, 1.165) is 12.8 Å². The lowest BCUT2D eigenvalue weighted by Gasteiger charge is -2.34. The average molecular weight is 335 g/mol. The quantitative estimate of drug-likeness (QED) is 0.912. The van der Waals surface area contributed by atoms with E-state index in [1.807, 2.05) is 20.8 Å². The van der Waals surface area contributed by atoms with Gasteiger partial charge in [0, 0.05) is 19.0 Å². The Bertz CT molecular complexity index is 593. The Morgan fingerprint density at radius 1 is 1.33 bits per heavy atom. The molecular weight excluding hydrogens is 310 g/mol. The Kier molecular flexibility index (Phi) is 5.70. The Morgan fingerprint density at radius 3 is 2.75 bits per heavy atom. The highest BCUT2D eigenvalue weighted by Gasteiger charge is 2.27. The summed E-state index contributed by atoms with van der Waals surface area (Å²) in [7, 11) is 0. The van der Waals surface area contributed by atoms with E-state index in [4.69, 9.17) is 14.6 Å². The zero-order valence-corrected chi connectivity index (χ0v) is 14.4. The highest BCUT2D eigenvalue weighted by molar-refractivity contribution is 5.88. The minimum atomic E-state index is -0.978. The van der Waals surface area contributed by atoms with Crippen molar-refractivity contribution in [3.8, 4) is 5.75 Å². The van der Waals surface area contributed by atoms with Crippen molar-refractivity contribution >= 4 is 12.1 Å². The van der Waals surface area contributed by atoms with Crippen molar-refractivity contribution in [1.29, 1.82) is 0 Å². The molecule has 6 nitrogen and oxygen atoms in total. The Morgan fingerprint density at radius 2 is 2.08 bits per heavy atom. The van der Waals surface area contributed by atoms with Crippen LogP contribution in [0.25, 0.3) is 0 Å². The fourth-order valence-corrected chi connectivity index (χ4v) is 2.63. The molecule has 1 aromatic carbocycles. The monoisotopic (exact) mass is 335 g/mol. The van der Waals surface area contributed by atoms with Crippen LogP contribution in [-0.4, -0.2) is 47.4 Å². The van der Waals surface area contributed by atoms with Crippen molar-refractivity contribution in [2.45, 2.75) is 39.2 Å². The molecule has 0 bridgehead atoms. The molecule has 1 N–H and O–H groups in total. The van der Waals surface area contributed by atoms with Gasteiger partial charge in [0.05, 0.1) is 12.2 Å². The van der Waals surface area contributed by atoms with Crippen LogP contribution in [0.15, 0.2) is 24.3 Å². The standard InChI is InChI=1S/C18H25NO5/c1-18(2,3)24-17(22)19-9-5-6-13(11-19)12-23-15-8-4-7-14(10-15)16(20)21/h4,7-8,10,13H,5-6,9,11-12H2,1-3H3,(H,20,21). The minimum Gasteiger partial charge on any atom is -0.493 e. The molecule has 1 aliphatic rings. The van der Waals surface area contributed by atoms with Crippen LogP contribution in [0.5, 0.6) is 5.75 Å². The molecule has 1 heterocycles. The van der Waals surface area contributed by atoms with E-state index >= 15 is 0 Å². The van der Waals surface area contributed by atoms with Crippen molar-refractivity contribution < 1.29 is 24.2 Å². The van der Waals surface area contributed by atoms with Gasteiger partial charge in [0.25, 0.3) is 0 Å². The topological polar surface area (TPSA) is 76.1 Å². The summed E-state index contributed by atoms with van der Waals surface area (Å²) in [6, 6.07) is 6.43. The zero-order valence-electron chi connectivity index (χ0n) is 14.4. The molecule has 0 spiro atoms. The van der Waals surface area contributed by atoms with Gasteiger partial charge in [-0.3, -0.25) is 0 Å². The summed E-state index contributed by atoms with van der Waals surface area (Å²) < 4.78 is 11.1. The van der Waals surface area contributed by atoms with E-state index in [0.29, 0.717) is 25.4 Å². The second-order valence-corrected chi connectivity index (χ2v) is 7.08. The number of carbonyl (C=O) groups excluding carboxylic acids is 1. The number of piperidine rings is 1. The lowest BCUT2D eigenvalue weighted by Crippen LogP contribution is -2.44. The lowest BCUT2D eigenvalue weighted by molar-refractivity contribution is 0.0139. The number of carboxylic acids is 1. The van der Waals surface area contributed by atoms with E-state index in [9.17, 15) is 9.59 Å². The first kappa shape index (κ1) is 18.1. The van der Waals surface area contributed by atoms with Crippen LogP contribution in [0.4, 0.5) is 4.79 Å². The molecule has 1 fully saturated rings. The van der Waals surface area contributed by atoms with E-state index in [2.05, 4.69) is 0 Å². The molecule has 24 heavy (non-hydrogen) atoms. The minimum absolute atomic E-state index is 0.200. The molecule has 2 rings (SSSR count). The molecule has 0 aliphatic carbocycles. The van der Waals surface area contributed by atoms with Crippen LogP contribution in [0, 0.1) is 5.92 Å². The van der Waals surface area contributed by atoms with Gasteiger partial charge in [-0.2, -0.15) is 0 Å². The summed E-state index contributed by atoms with van der Waals surface area (Å²) in [5, 5.41) is 9.00. The predicted octanol–water partition coefficient (Wildman–Crippen LogP) is 3.41. The van der Waals surface area contributed by atoms with Gasteiger partial charge >= 0.3 is 12.1 Å². The molecule has 1 saturated heterocycles. The van der Waals surface area contributed by atoms with Gasteiger partial charge in [-0.1, -0.05) is 6.07 Å². The molecule has 1 atom stereocenters. The number of carboxylic acid groups (broad SMARTS) is 1. The molecule has 1 unspecified atom stereocenters. The number of rotatable bonds is 4. The van der Waals surface area contributed by atoms with E-state index in [-0.39, 0.29) is 17.6 Å². The molecule has 0 radical (unpaired) electrons. The first-order valence-electron chi connectivity index (χ1n) is 8.19. The van der Waals surface area contributed by atoms with Crippen LogP contribution >= 0.6 is 0 Å². The maximum Gasteiger partial charge on any atom is 0.410 e. The fourth-order valence-electron chi connectivity index (χ4n) is 2.63. The van der Waals surface area contributed by atoms with Gasteiger partial charge in [0.15, 0.2) is 0 Å². The SMILES string of the molecule is CC(C)(C)OC(=O)N1CCCC(COc2cccc(C(=O)O)c2)C1. The molecule has 1 aromatic rings. The molecule has 0 aromatic heterocycles. The number of hydrogen-bond donors (Lipinski definition) is 1. The highest BCUT2D eigenvalue weighted by atomic mass is 16.6. The second-order valence-electron chi connectivity index (χ2n) is 7.08. The van der Waals surface area contributed by atoms with Gasteiger partial charge in [-0.05, 0) is 51.8 Å². The van der Waals surface area contributed by atoms with Crippen molar-refractivity contribution in [1.82, 2.24) is 4.90 Å². The Labute approximate surface area is 142 Å². The largest absolute Gasteiger partial charge is 0.493 e. The summed E-state index contributed by atoms with van der Waals surface area (Å²) in [6.45, 7) is 7.29. The van der Waals surface area contributed by atoms with E-state index in [1.165, 1.54) is 12.1 Å². The third kappa shape index (κ3) is 5.44.